The lowest BCUT2D eigenvalue weighted by Crippen LogP contribution is -2.31. The minimum absolute atomic E-state index is 0.0294. The summed E-state index contributed by atoms with van der Waals surface area (Å²) in [5.74, 6) is 0.628. The van der Waals surface area contributed by atoms with E-state index >= 15 is 0 Å². The molecular formula is C26H25N5O2. The number of carbonyl (C=O) groups excluding carboxylic acids is 2. The maximum Gasteiger partial charge on any atom is 0.253 e. The number of pyridine rings is 1. The SMILES string of the molecule is CC(C)c1ccc(NC(=O)C[C@@H]2C(=O)N(Cc3cccnc3)c3nc4ccccc4n32)cc1. The number of amides is 2. The normalized spacial score (nSPS) is 15.3. The molecule has 7 heteroatoms. The first-order valence-electron chi connectivity index (χ1n) is 11.1. The Morgan fingerprint density at radius 3 is 2.58 bits per heavy atom. The summed E-state index contributed by atoms with van der Waals surface area (Å²) in [4.78, 5) is 36.9. The summed E-state index contributed by atoms with van der Waals surface area (Å²) in [7, 11) is 0. The second-order valence-electron chi connectivity index (χ2n) is 8.60. The summed E-state index contributed by atoms with van der Waals surface area (Å²) in [6.45, 7) is 4.61. The van der Waals surface area contributed by atoms with Crippen LogP contribution in [0.3, 0.4) is 0 Å². The fraction of sp³-hybridized carbons (Fsp3) is 0.231. The highest BCUT2D eigenvalue weighted by molar-refractivity contribution is 6.05. The number of para-hydroxylation sites is 2. The number of hydrogen-bond donors (Lipinski definition) is 1. The Balaban J connectivity index is 1.42. The molecule has 0 unspecified atom stereocenters. The highest BCUT2D eigenvalue weighted by atomic mass is 16.2. The Labute approximate surface area is 192 Å². The van der Waals surface area contributed by atoms with Gasteiger partial charge in [-0.25, -0.2) is 4.98 Å². The van der Waals surface area contributed by atoms with Crippen LogP contribution < -0.4 is 10.2 Å². The average molecular weight is 440 g/mol. The molecule has 7 nitrogen and oxygen atoms in total. The van der Waals surface area contributed by atoms with Crippen molar-refractivity contribution in [3.63, 3.8) is 0 Å². The molecule has 1 atom stereocenters. The van der Waals surface area contributed by atoms with E-state index < -0.39 is 6.04 Å². The molecule has 2 aromatic carbocycles. The Bertz CT molecular complexity index is 1310. The Morgan fingerprint density at radius 1 is 1.06 bits per heavy atom. The van der Waals surface area contributed by atoms with Crippen molar-refractivity contribution >= 4 is 34.5 Å². The molecule has 0 aliphatic carbocycles. The molecule has 0 saturated heterocycles. The van der Waals surface area contributed by atoms with Crippen molar-refractivity contribution in [1.29, 1.82) is 0 Å². The molecular weight excluding hydrogens is 414 g/mol. The summed E-state index contributed by atoms with van der Waals surface area (Å²) in [6.07, 6.45) is 3.47. The first-order chi connectivity index (χ1) is 16.0. The third-order valence-electron chi connectivity index (χ3n) is 5.98. The second-order valence-corrected chi connectivity index (χ2v) is 8.60. The lowest BCUT2D eigenvalue weighted by Gasteiger charge is -2.16. The number of rotatable bonds is 6. The van der Waals surface area contributed by atoms with Crippen LogP contribution in [0.25, 0.3) is 11.0 Å². The van der Waals surface area contributed by atoms with Gasteiger partial charge in [0, 0.05) is 18.1 Å². The standard InChI is InChI=1S/C26H25N5O2/c1-17(2)19-9-11-20(12-10-19)28-24(32)14-23-25(33)30(16-18-6-5-13-27-15-18)26-29-21-7-3-4-8-22(21)31(23)26/h3-13,15,17,23H,14,16H2,1-2H3,(H,28,32)/t23-/m1/s1. The predicted molar refractivity (Wildman–Crippen MR) is 128 cm³/mol. The predicted octanol–water partition coefficient (Wildman–Crippen LogP) is 4.67. The van der Waals surface area contributed by atoms with Gasteiger partial charge in [0.2, 0.25) is 11.9 Å². The smallest absolute Gasteiger partial charge is 0.253 e. The first kappa shape index (κ1) is 20.9. The van der Waals surface area contributed by atoms with E-state index in [2.05, 4.69) is 24.1 Å². The Morgan fingerprint density at radius 2 is 1.85 bits per heavy atom. The van der Waals surface area contributed by atoms with Gasteiger partial charge in [-0.05, 0) is 47.4 Å². The zero-order chi connectivity index (χ0) is 22.9. The van der Waals surface area contributed by atoms with Crippen LogP contribution in [0, 0.1) is 0 Å². The number of carbonyl (C=O) groups is 2. The maximum absolute atomic E-state index is 13.4. The van der Waals surface area contributed by atoms with E-state index in [-0.39, 0.29) is 18.2 Å². The van der Waals surface area contributed by atoms with Crippen LogP contribution in [0.2, 0.25) is 0 Å². The maximum atomic E-state index is 13.4. The van der Waals surface area contributed by atoms with Gasteiger partial charge >= 0.3 is 0 Å². The number of benzene rings is 2. The number of nitrogens with zero attached hydrogens (tertiary/aromatic N) is 4. The summed E-state index contributed by atoms with van der Waals surface area (Å²) in [6, 6.07) is 18.6. The molecule has 33 heavy (non-hydrogen) atoms. The number of nitrogens with one attached hydrogen (secondary N) is 1. The molecule has 1 aliphatic heterocycles. The molecule has 2 aromatic heterocycles. The van der Waals surface area contributed by atoms with Gasteiger partial charge in [-0.1, -0.05) is 44.2 Å². The number of anilines is 2. The fourth-order valence-electron chi connectivity index (χ4n) is 4.26. The van der Waals surface area contributed by atoms with E-state index in [1.54, 1.807) is 17.3 Å². The van der Waals surface area contributed by atoms with Crippen LogP contribution >= 0.6 is 0 Å². The largest absolute Gasteiger partial charge is 0.326 e. The summed E-state index contributed by atoms with van der Waals surface area (Å²) in [5, 5.41) is 2.94. The average Bonchev–Trinajstić information content (AvgIpc) is 3.31. The van der Waals surface area contributed by atoms with Gasteiger partial charge in [-0.15, -0.1) is 0 Å². The fourth-order valence-corrected chi connectivity index (χ4v) is 4.26. The quantitative estimate of drug-likeness (QED) is 0.473. The highest BCUT2D eigenvalue weighted by Crippen LogP contribution is 2.37. The molecule has 0 bridgehead atoms. The van der Waals surface area contributed by atoms with Gasteiger partial charge in [0.25, 0.3) is 5.91 Å². The summed E-state index contributed by atoms with van der Waals surface area (Å²) < 4.78 is 1.88. The van der Waals surface area contributed by atoms with Gasteiger partial charge in [0.15, 0.2) is 0 Å². The topological polar surface area (TPSA) is 80.1 Å². The summed E-state index contributed by atoms with van der Waals surface area (Å²) in [5.41, 5.74) is 4.47. The lowest BCUT2D eigenvalue weighted by molar-refractivity contribution is -0.124. The van der Waals surface area contributed by atoms with Gasteiger partial charge in [-0.3, -0.25) is 24.0 Å². The molecule has 166 valence electrons. The van der Waals surface area contributed by atoms with Crippen molar-refractivity contribution in [2.75, 3.05) is 10.2 Å². The molecule has 0 spiro atoms. The molecule has 0 saturated carbocycles. The van der Waals surface area contributed by atoms with E-state index in [9.17, 15) is 9.59 Å². The van der Waals surface area contributed by atoms with Crippen molar-refractivity contribution < 1.29 is 9.59 Å². The Hall–Kier alpha value is -4.00. The van der Waals surface area contributed by atoms with Gasteiger partial charge in [-0.2, -0.15) is 0 Å². The number of fused-ring (bicyclic) bond motifs is 3. The van der Waals surface area contributed by atoms with E-state index in [4.69, 9.17) is 4.98 Å². The van der Waals surface area contributed by atoms with Crippen molar-refractivity contribution in [3.8, 4) is 0 Å². The second kappa shape index (κ2) is 8.50. The van der Waals surface area contributed by atoms with E-state index in [1.807, 2.05) is 65.2 Å². The third-order valence-corrected chi connectivity index (χ3v) is 5.98. The molecule has 0 fully saturated rings. The van der Waals surface area contributed by atoms with Crippen LogP contribution in [0.5, 0.6) is 0 Å². The number of aromatic nitrogens is 3. The molecule has 3 heterocycles. The zero-order valence-electron chi connectivity index (χ0n) is 18.6. The molecule has 4 aromatic rings. The number of hydrogen-bond acceptors (Lipinski definition) is 4. The van der Waals surface area contributed by atoms with Crippen LogP contribution in [-0.2, 0) is 16.1 Å². The monoisotopic (exact) mass is 439 g/mol. The van der Waals surface area contributed by atoms with E-state index in [0.717, 1.165) is 22.3 Å². The van der Waals surface area contributed by atoms with Crippen LogP contribution in [0.1, 0.15) is 43.4 Å². The van der Waals surface area contributed by atoms with Crippen molar-refractivity contribution in [1.82, 2.24) is 14.5 Å². The molecule has 5 rings (SSSR count). The molecule has 1 aliphatic rings. The van der Waals surface area contributed by atoms with Gasteiger partial charge in [0.1, 0.15) is 6.04 Å². The highest BCUT2D eigenvalue weighted by Gasteiger charge is 2.40. The molecule has 2 amide bonds. The van der Waals surface area contributed by atoms with Crippen LogP contribution in [0.15, 0.2) is 73.1 Å². The van der Waals surface area contributed by atoms with Crippen molar-refractivity contribution in [2.24, 2.45) is 0 Å². The minimum Gasteiger partial charge on any atom is -0.326 e. The third kappa shape index (κ3) is 3.98. The van der Waals surface area contributed by atoms with Crippen LogP contribution in [0.4, 0.5) is 11.6 Å². The summed E-state index contributed by atoms with van der Waals surface area (Å²) >= 11 is 0. The van der Waals surface area contributed by atoms with Gasteiger partial charge in [0.05, 0.1) is 24.0 Å². The van der Waals surface area contributed by atoms with Crippen molar-refractivity contribution in [2.45, 2.75) is 38.8 Å². The van der Waals surface area contributed by atoms with Crippen molar-refractivity contribution in [3.05, 3.63) is 84.2 Å². The number of imidazole rings is 1. The lowest BCUT2D eigenvalue weighted by atomic mass is 10.0. The first-order valence-corrected chi connectivity index (χ1v) is 11.1. The van der Waals surface area contributed by atoms with Crippen LogP contribution in [-0.4, -0.2) is 26.3 Å². The minimum atomic E-state index is -0.654. The Kier molecular flexibility index (Phi) is 5.38. The zero-order valence-corrected chi connectivity index (χ0v) is 18.6. The molecule has 1 N–H and O–H groups in total. The van der Waals surface area contributed by atoms with Gasteiger partial charge < -0.3 is 5.32 Å². The molecule has 0 radical (unpaired) electrons. The van der Waals surface area contributed by atoms with E-state index in [1.165, 1.54) is 5.56 Å². The van der Waals surface area contributed by atoms with E-state index in [0.29, 0.717) is 18.4 Å².